The van der Waals surface area contributed by atoms with Gasteiger partial charge >= 0.3 is 6.03 Å². The molecule has 0 spiro atoms. The van der Waals surface area contributed by atoms with Crippen LogP contribution < -0.4 is 10.6 Å². The van der Waals surface area contributed by atoms with Crippen LogP contribution in [0.15, 0.2) is 0 Å². The van der Waals surface area contributed by atoms with Crippen LogP contribution in [0.1, 0.15) is 52.9 Å². The zero-order valence-corrected chi connectivity index (χ0v) is 14.1. The van der Waals surface area contributed by atoms with Crippen molar-refractivity contribution in [2.45, 2.75) is 58.1 Å². The standard InChI is InChI=1S/C15H30N2O2S/c1-12(20(4)19)7-10-16-14(18)17-11-13-5-8-15(2,3)9-6-13/h12-13H,5-11H2,1-4H3,(H2,16,17,18)/t12-,20-/m1/s1. The van der Waals surface area contributed by atoms with E-state index in [4.69, 9.17) is 0 Å². The quantitative estimate of drug-likeness (QED) is 0.792. The molecule has 4 nitrogen and oxygen atoms in total. The Balaban J connectivity index is 2.10. The lowest BCUT2D eigenvalue weighted by Gasteiger charge is -2.34. The van der Waals surface area contributed by atoms with Gasteiger partial charge in [0.15, 0.2) is 0 Å². The molecule has 1 aliphatic rings. The third-order valence-electron chi connectivity index (χ3n) is 4.41. The molecular weight excluding hydrogens is 272 g/mol. The first-order chi connectivity index (χ1) is 9.30. The number of rotatable bonds is 6. The minimum Gasteiger partial charge on any atom is -0.338 e. The zero-order chi connectivity index (χ0) is 15.2. The molecule has 0 aromatic heterocycles. The lowest BCUT2D eigenvalue weighted by molar-refractivity contribution is 0.187. The highest BCUT2D eigenvalue weighted by atomic mass is 32.2. The summed E-state index contributed by atoms with van der Waals surface area (Å²) in [4.78, 5) is 11.7. The molecule has 1 fully saturated rings. The molecule has 1 rings (SSSR count). The second-order valence-corrected chi connectivity index (χ2v) is 8.64. The SMILES string of the molecule is C[C@H](CCNC(=O)NCC1CCC(C)(C)CC1)[S@@](C)=O. The number of amides is 2. The van der Waals surface area contributed by atoms with Crippen LogP contribution in [0.5, 0.6) is 0 Å². The summed E-state index contributed by atoms with van der Waals surface area (Å²) in [6.45, 7) is 7.95. The summed E-state index contributed by atoms with van der Waals surface area (Å²) < 4.78 is 11.2. The summed E-state index contributed by atoms with van der Waals surface area (Å²) in [7, 11) is -0.812. The van der Waals surface area contributed by atoms with Gasteiger partial charge in [0, 0.05) is 35.4 Å². The third-order valence-corrected chi connectivity index (χ3v) is 5.78. The fourth-order valence-corrected chi connectivity index (χ4v) is 2.97. The summed E-state index contributed by atoms with van der Waals surface area (Å²) in [6.07, 6.45) is 7.38. The largest absolute Gasteiger partial charge is 0.338 e. The maximum absolute atomic E-state index is 11.7. The molecule has 20 heavy (non-hydrogen) atoms. The molecule has 2 amide bonds. The topological polar surface area (TPSA) is 58.2 Å². The van der Waals surface area contributed by atoms with Gasteiger partial charge in [0.2, 0.25) is 0 Å². The monoisotopic (exact) mass is 302 g/mol. The Morgan fingerprint density at radius 1 is 1.30 bits per heavy atom. The molecule has 5 heteroatoms. The molecule has 0 aromatic carbocycles. The van der Waals surface area contributed by atoms with Crippen LogP contribution >= 0.6 is 0 Å². The van der Waals surface area contributed by atoms with Crippen molar-refractivity contribution in [3.63, 3.8) is 0 Å². The normalized spacial score (nSPS) is 22.0. The molecule has 0 unspecified atom stereocenters. The van der Waals surface area contributed by atoms with E-state index < -0.39 is 10.8 Å². The third kappa shape index (κ3) is 6.73. The fourth-order valence-electron chi connectivity index (χ4n) is 2.52. The maximum atomic E-state index is 11.7. The molecule has 2 N–H and O–H groups in total. The van der Waals surface area contributed by atoms with Crippen molar-refractivity contribution in [3.05, 3.63) is 0 Å². The number of urea groups is 1. The van der Waals surface area contributed by atoms with E-state index >= 15 is 0 Å². The Kier molecular flexibility index (Phi) is 7.00. The van der Waals surface area contributed by atoms with Crippen molar-refractivity contribution in [2.24, 2.45) is 11.3 Å². The Hall–Kier alpha value is -0.580. The van der Waals surface area contributed by atoms with Gasteiger partial charge in [-0.2, -0.15) is 0 Å². The van der Waals surface area contributed by atoms with Crippen molar-refractivity contribution in [1.29, 1.82) is 0 Å². The van der Waals surface area contributed by atoms with Crippen LogP contribution in [0.25, 0.3) is 0 Å². The average Bonchev–Trinajstić information content (AvgIpc) is 2.37. The summed E-state index contributed by atoms with van der Waals surface area (Å²) in [6, 6.07) is -0.0936. The van der Waals surface area contributed by atoms with E-state index in [1.54, 1.807) is 6.26 Å². The predicted molar refractivity (Wildman–Crippen MR) is 85.3 cm³/mol. The highest BCUT2D eigenvalue weighted by molar-refractivity contribution is 7.84. The molecule has 0 saturated heterocycles. The number of carbonyl (C=O) groups excluding carboxylic acids is 1. The first-order valence-electron chi connectivity index (χ1n) is 7.64. The van der Waals surface area contributed by atoms with Crippen LogP contribution in [-0.2, 0) is 10.8 Å². The van der Waals surface area contributed by atoms with E-state index in [9.17, 15) is 9.00 Å². The van der Waals surface area contributed by atoms with E-state index in [-0.39, 0.29) is 11.3 Å². The fraction of sp³-hybridized carbons (Fsp3) is 0.933. The minimum absolute atomic E-state index is 0.0936. The molecule has 0 heterocycles. The number of hydrogen-bond acceptors (Lipinski definition) is 2. The highest BCUT2D eigenvalue weighted by Gasteiger charge is 2.26. The van der Waals surface area contributed by atoms with E-state index in [1.165, 1.54) is 25.7 Å². The average molecular weight is 302 g/mol. The van der Waals surface area contributed by atoms with E-state index in [0.29, 0.717) is 17.9 Å². The van der Waals surface area contributed by atoms with Gasteiger partial charge in [-0.05, 0) is 43.4 Å². The molecular formula is C15H30N2O2S. The van der Waals surface area contributed by atoms with Gasteiger partial charge in [0.05, 0.1) is 0 Å². The van der Waals surface area contributed by atoms with Crippen LogP contribution in [0.3, 0.4) is 0 Å². The molecule has 2 atom stereocenters. The van der Waals surface area contributed by atoms with Gasteiger partial charge in [-0.15, -0.1) is 0 Å². The van der Waals surface area contributed by atoms with Crippen LogP contribution in [0.4, 0.5) is 4.79 Å². The second kappa shape index (κ2) is 8.01. The molecule has 1 aliphatic carbocycles. The molecule has 0 aliphatic heterocycles. The Morgan fingerprint density at radius 2 is 1.90 bits per heavy atom. The summed E-state index contributed by atoms with van der Waals surface area (Å²) in [5.41, 5.74) is 0.477. The lowest BCUT2D eigenvalue weighted by Crippen LogP contribution is -2.40. The summed E-state index contributed by atoms with van der Waals surface area (Å²) >= 11 is 0. The molecule has 0 aromatic rings. The Bertz CT molecular complexity index is 335. The molecule has 0 bridgehead atoms. The first kappa shape index (κ1) is 17.5. The number of hydrogen-bond donors (Lipinski definition) is 2. The van der Waals surface area contributed by atoms with Crippen LogP contribution in [0, 0.1) is 11.3 Å². The Labute approximate surface area is 125 Å². The number of nitrogens with one attached hydrogen (secondary N) is 2. The highest BCUT2D eigenvalue weighted by Crippen LogP contribution is 2.37. The lowest BCUT2D eigenvalue weighted by atomic mass is 9.73. The number of carbonyl (C=O) groups is 1. The van der Waals surface area contributed by atoms with Gasteiger partial charge < -0.3 is 10.6 Å². The van der Waals surface area contributed by atoms with Crippen molar-refractivity contribution < 1.29 is 9.00 Å². The maximum Gasteiger partial charge on any atom is 0.314 e. The van der Waals surface area contributed by atoms with E-state index in [2.05, 4.69) is 24.5 Å². The van der Waals surface area contributed by atoms with Gasteiger partial charge in [-0.3, -0.25) is 4.21 Å². The molecule has 118 valence electrons. The minimum atomic E-state index is -0.812. The van der Waals surface area contributed by atoms with Crippen molar-refractivity contribution in [3.8, 4) is 0 Å². The van der Waals surface area contributed by atoms with Crippen molar-refractivity contribution in [1.82, 2.24) is 10.6 Å². The summed E-state index contributed by atoms with van der Waals surface area (Å²) in [5, 5.41) is 5.93. The van der Waals surface area contributed by atoms with E-state index in [0.717, 1.165) is 13.0 Å². The van der Waals surface area contributed by atoms with Crippen LogP contribution in [0.2, 0.25) is 0 Å². The van der Waals surface area contributed by atoms with Crippen molar-refractivity contribution in [2.75, 3.05) is 19.3 Å². The van der Waals surface area contributed by atoms with Crippen molar-refractivity contribution >= 4 is 16.8 Å². The predicted octanol–water partition coefficient (Wildman–Crippen LogP) is 2.66. The molecule has 0 radical (unpaired) electrons. The van der Waals surface area contributed by atoms with Gasteiger partial charge in [0.25, 0.3) is 0 Å². The Morgan fingerprint density at radius 3 is 2.45 bits per heavy atom. The zero-order valence-electron chi connectivity index (χ0n) is 13.3. The van der Waals surface area contributed by atoms with Gasteiger partial charge in [-0.25, -0.2) is 4.79 Å². The molecule has 1 saturated carbocycles. The van der Waals surface area contributed by atoms with E-state index in [1.807, 2.05) is 6.92 Å². The van der Waals surface area contributed by atoms with Gasteiger partial charge in [-0.1, -0.05) is 20.8 Å². The van der Waals surface area contributed by atoms with Crippen LogP contribution in [-0.4, -0.2) is 34.8 Å². The second-order valence-electron chi connectivity index (χ2n) is 6.84. The van der Waals surface area contributed by atoms with Gasteiger partial charge in [0.1, 0.15) is 0 Å². The smallest absolute Gasteiger partial charge is 0.314 e. The summed E-state index contributed by atoms with van der Waals surface area (Å²) in [5.74, 6) is 0.621. The first-order valence-corrected chi connectivity index (χ1v) is 9.26.